The van der Waals surface area contributed by atoms with Crippen molar-refractivity contribution in [2.75, 3.05) is 13.2 Å². The first-order valence-electron chi connectivity index (χ1n) is 10.6. The van der Waals surface area contributed by atoms with E-state index in [1.807, 2.05) is 30.3 Å². The number of carbonyl (C=O) groups is 5. The topological polar surface area (TPSA) is 146 Å². The third-order valence-corrected chi connectivity index (χ3v) is 4.62. The van der Waals surface area contributed by atoms with Crippen LogP contribution in [-0.4, -0.2) is 61.3 Å². The Morgan fingerprint density at radius 3 is 2.27 bits per heavy atom. The van der Waals surface area contributed by atoms with E-state index in [2.05, 4.69) is 20.1 Å². The number of hydrogen-bond acceptors (Lipinski definition) is 9. The van der Waals surface area contributed by atoms with Gasteiger partial charge in [0.05, 0.1) is 0 Å². The van der Waals surface area contributed by atoms with Gasteiger partial charge in [0.15, 0.2) is 18.8 Å². The molecule has 2 heterocycles. The largest absolute Gasteiger partial charge is 0.454 e. The van der Waals surface area contributed by atoms with Crippen LogP contribution in [0, 0.1) is 0 Å². The number of hydrogen-bond donors (Lipinski definition) is 2. The summed E-state index contributed by atoms with van der Waals surface area (Å²) >= 11 is 0. The van der Waals surface area contributed by atoms with Gasteiger partial charge in [0.2, 0.25) is 0 Å². The molecule has 33 heavy (non-hydrogen) atoms. The minimum atomic E-state index is -0.747. The lowest BCUT2D eigenvalue weighted by atomic mass is 10.1. The third-order valence-electron chi connectivity index (χ3n) is 4.62. The number of nitrogens with one attached hydrogen (secondary N) is 2. The van der Waals surface area contributed by atoms with Crippen molar-refractivity contribution in [3.63, 3.8) is 0 Å². The Morgan fingerprint density at radius 2 is 1.64 bits per heavy atom. The Labute approximate surface area is 191 Å². The lowest BCUT2D eigenvalue weighted by Crippen LogP contribution is -2.49. The second-order valence-corrected chi connectivity index (χ2v) is 7.37. The Kier molecular flexibility index (Phi) is 10.1. The summed E-state index contributed by atoms with van der Waals surface area (Å²) in [5.74, 6) is -1.64. The maximum absolute atomic E-state index is 11.5. The van der Waals surface area contributed by atoms with E-state index in [9.17, 15) is 24.0 Å². The number of carbonyl (C=O) groups excluding carboxylic acids is 5. The molecule has 0 radical (unpaired) electrons. The average Bonchev–Trinajstić information content (AvgIpc) is 2.79. The fraction of sp³-hybridized carbons (Fsp3) is 0.500. The highest BCUT2D eigenvalue weighted by Crippen LogP contribution is 2.09. The minimum Gasteiger partial charge on any atom is -0.454 e. The maximum Gasteiger partial charge on any atom is 0.407 e. The third kappa shape index (κ3) is 9.17. The smallest absolute Gasteiger partial charge is 0.407 e. The number of cyclic esters (lactones) is 3. The van der Waals surface area contributed by atoms with Gasteiger partial charge < -0.3 is 29.6 Å². The molecular weight excluding hydrogens is 436 g/mol. The quantitative estimate of drug-likeness (QED) is 0.342. The predicted octanol–water partition coefficient (Wildman–Crippen LogP) is 0.988. The van der Waals surface area contributed by atoms with Crippen LogP contribution >= 0.6 is 0 Å². The normalized spacial score (nSPS) is 21.9. The maximum atomic E-state index is 11.5. The molecule has 1 aromatic carbocycles. The summed E-state index contributed by atoms with van der Waals surface area (Å²) < 4.78 is 19.0. The molecule has 1 unspecified atom stereocenters. The van der Waals surface area contributed by atoms with E-state index < -0.39 is 42.3 Å². The molecule has 0 aromatic heterocycles. The molecule has 2 saturated heterocycles. The number of rotatable bonds is 7. The van der Waals surface area contributed by atoms with E-state index in [0.29, 0.717) is 25.8 Å². The van der Waals surface area contributed by atoms with Crippen molar-refractivity contribution in [3.05, 3.63) is 35.9 Å². The summed E-state index contributed by atoms with van der Waals surface area (Å²) in [6.45, 7) is 3.43. The number of esters is 3. The van der Waals surface area contributed by atoms with E-state index in [4.69, 9.17) is 9.47 Å². The summed E-state index contributed by atoms with van der Waals surface area (Å²) in [4.78, 5) is 55.3. The first-order chi connectivity index (χ1) is 15.8. The van der Waals surface area contributed by atoms with Crippen molar-refractivity contribution in [2.45, 2.75) is 58.0 Å². The first kappa shape index (κ1) is 25.6. The van der Waals surface area contributed by atoms with Crippen molar-refractivity contribution in [3.8, 4) is 0 Å². The lowest BCUT2D eigenvalue weighted by Gasteiger charge is -2.22. The highest BCUT2D eigenvalue weighted by Gasteiger charge is 2.32. The molecule has 1 aromatic rings. The highest BCUT2D eigenvalue weighted by molar-refractivity contribution is 5.90. The standard InChI is InChI=1S/C16H20N2O5.C6H8O4/c19-14-11-22-15(20)13(18-14)8-4-5-9-17-16(21)23-10-12-6-2-1-3-7-12;1-3-5(7)10-4(2)6(8)9-3/h1-3,6-7,13H,4-5,8-11H2,(H,17,21)(H,18,19);3-4H,1-2H3/t;3-,4-/m.0/s1. The van der Waals surface area contributed by atoms with Crippen LogP contribution < -0.4 is 10.6 Å². The van der Waals surface area contributed by atoms with Gasteiger partial charge in [-0.25, -0.2) is 19.2 Å². The molecule has 0 saturated carbocycles. The second kappa shape index (κ2) is 13.0. The zero-order valence-electron chi connectivity index (χ0n) is 18.5. The zero-order valence-corrected chi connectivity index (χ0v) is 18.5. The van der Waals surface area contributed by atoms with Gasteiger partial charge in [-0.3, -0.25) is 4.79 Å². The summed E-state index contributed by atoms with van der Waals surface area (Å²) in [5.41, 5.74) is 0.925. The summed E-state index contributed by atoms with van der Waals surface area (Å²) in [6, 6.07) is 8.84. The minimum absolute atomic E-state index is 0.204. The molecule has 3 atom stereocenters. The van der Waals surface area contributed by atoms with Crippen LogP contribution in [0.4, 0.5) is 4.79 Å². The summed E-state index contributed by atoms with van der Waals surface area (Å²) in [5, 5.41) is 5.22. The van der Waals surface area contributed by atoms with Crippen molar-refractivity contribution in [1.29, 1.82) is 0 Å². The van der Waals surface area contributed by atoms with E-state index in [-0.39, 0.29) is 19.1 Å². The highest BCUT2D eigenvalue weighted by atomic mass is 16.6. The molecule has 2 fully saturated rings. The van der Waals surface area contributed by atoms with Crippen molar-refractivity contribution >= 4 is 29.9 Å². The van der Waals surface area contributed by atoms with Crippen molar-refractivity contribution in [2.24, 2.45) is 0 Å². The SMILES string of the molecule is C[C@@H]1OC(=O)[C@H](C)OC1=O.O=C1COC(=O)C(CCCCNC(=O)OCc2ccccc2)N1. The van der Waals surface area contributed by atoms with E-state index in [0.717, 1.165) is 5.56 Å². The number of benzene rings is 1. The number of alkyl carbamates (subject to hydrolysis) is 1. The van der Waals surface area contributed by atoms with E-state index in [1.165, 1.54) is 13.8 Å². The molecule has 2 aliphatic heterocycles. The molecule has 3 rings (SSSR count). The van der Waals surface area contributed by atoms with Crippen LogP contribution in [0.3, 0.4) is 0 Å². The first-order valence-corrected chi connectivity index (χ1v) is 10.6. The molecular formula is C22H28N2O9. The fourth-order valence-corrected chi connectivity index (χ4v) is 2.80. The summed E-state index contributed by atoms with van der Waals surface area (Å²) in [6.07, 6.45) is -0.114. The number of unbranched alkanes of at least 4 members (excludes halogenated alkanes) is 1. The fourth-order valence-electron chi connectivity index (χ4n) is 2.80. The van der Waals surface area contributed by atoms with Crippen molar-refractivity contribution in [1.82, 2.24) is 10.6 Å². The Morgan fingerprint density at radius 1 is 1.00 bits per heavy atom. The molecule has 2 amide bonds. The van der Waals surface area contributed by atoms with Gasteiger partial charge in [-0.15, -0.1) is 0 Å². The van der Waals surface area contributed by atoms with Crippen LogP contribution in [0.25, 0.3) is 0 Å². The molecule has 11 heteroatoms. The van der Waals surface area contributed by atoms with E-state index >= 15 is 0 Å². The molecule has 2 N–H and O–H groups in total. The molecule has 2 aliphatic rings. The van der Waals surface area contributed by atoms with Gasteiger partial charge in [0.25, 0.3) is 5.91 Å². The molecule has 180 valence electrons. The van der Waals surface area contributed by atoms with Gasteiger partial charge >= 0.3 is 24.0 Å². The van der Waals surface area contributed by atoms with Crippen LogP contribution in [0.15, 0.2) is 30.3 Å². The van der Waals surface area contributed by atoms with Gasteiger partial charge in [0.1, 0.15) is 12.6 Å². The predicted molar refractivity (Wildman–Crippen MR) is 112 cm³/mol. The number of ether oxygens (including phenoxy) is 4. The Balaban J connectivity index is 0.000000321. The monoisotopic (exact) mass is 464 g/mol. The van der Waals surface area contributed by atoms with E-state index in [1.54, 1.807) is 0 Å². The second-order valence-electron chi connectivity index (χ2n) is 7.37. The molecule has 0 bridgehead atoms. The van der Waals surface area contributed by atoms with Crippen LogP contribution in [0.1, 0.15) is 38.7 Å². The summed E-state index contributed by atoms with van der Waals surface area (Å²) in [7, 11) is 0. The number of morpholine rings is 1. The van der Waals surface area contributed by atoms with Crippen molar-refractivity contribution < 1.29 is 42.9 Å². The zero-order chi connectivity index (χ0) is 24.2. The Hall–Kier alpha value is -3.63. The average molecular weight is 464 g/mol. The van der Waals surface area contributed by atoms with Gasteiger partial charge in [-0.05, 0) is 38.7 Å². The molecule has 11 nitrogen and oxygen atoms in total. The number of amides is 2. The van der Waals surface area contributed by atoms with Crippen LogP contribution in [0.5, 0.6) is 0 Å². The van der Waals surface area contributed by atoms with Gasteiger partial charge in [0, 0.05) is 6.54 Å². The van der Waals surface area contributed by atoms with Gasteiger partial charge in [-0.1, -0.05) is 30.3 Å². The van der Waals surface area contributed by atoms with Crippen LogP contribution in [0.2, 0.25) is 0 Å². The molecule has 0 spiro atoms. The van der Waals surface area contributed by atoms with Gasteiger partial charge in [-0.2, -0.15) is 0 Å². The van der Waals surface area contributed by atoms with Crippen LogP contribution in [-0.2, 0) is 44.7 Å². The molecule has 0 aliphatic carbocycles. The Bertz CT molecular complexity index is 824. The lowest BCUT2D eigenvalue weighted by molar-refractivity contribution is -0.191.